The topological polar surface area (TPSA) is 173 Å². The van der Waals surface area contributed by atoms with Crippen LogP contribution in [0.3, 0.4) is 0 Å². The standard InChI is InChI=1S/2C21H28O5S.Ca/c2*1-2-3-4-5-6-7-8-10-17-13-14-18(22)15-21(17)26-19-11-9-12-20(16-19)27(23,24)25;/h2*9,11-16,22H,2-8,10H2,1H3,(H,23,24,25);/q;;+2/p-2. The van der Waals surface area contributed by atoms with Crippen molar-refractivity contribution in [2.24, 2.45) is 0 Å². The molecule has 13 heteroatoms. The summed E-state index contributed by atoms with van der Waals surface area (Å²) in [6.45, 7) is 4.40. The van der Waals surface area contributed by atoms with Crippen molar-refractivity contribution in [3.05, 3.63) is 96.1 Å². The van der Waals surface area contributed by atoms with Crippen molar-refractivity contribution >= 4 is 58.0 Å². The Bertz CT molecular complexity index is 1810. The minimum Gasteiger partial charge on any atom is -0.872 e. The number of benzene rings is 4. The van der Waals surface area contributed by atoms with Gasteiger partial charge in [0.25, 0.3) is 10.1 Å². The van der Waals surface area contributed by atoms with Crippen LogP contribution in [0.15, 0.2) is 94.7 Å². The number of hydrogen-bond donors (Lipinski definition) is 2. The molecule has 0 saturated heterocycles. The van der Waals surface area contributed by atoms with Gasteiger partial charge in [0, 0.05) is 12.1 Å². The Balaban J connectivity index is 0.000000373. The zero-order valence-electron chi connectivity index (χ0n) is 32.1. The number of phenolic OH excluding ortho intramolecular Hbond substituents is 1. The molecule has 0 aliphatic heterocycles. The Morgan fingerprint density at radius 3 is 1.49 bits per heavy atom. The predicted molar refractivity (Wildman–Crippen MR) is 214 cm³/mol. The van der Waals surface area contributed by atoms with Crippen LogP contribution in [-0.4, -0.2) is 68.8 Å². The summed E-state index contributed by atoms with van der Waals surface area (Å²) in [4.78, 5) is -0.583. The van der Waals surface area contributed by atoms with E-state index < -0.39 is 20.2 Å². The van der Waals surface area contributed by atoms with Gasteiger partial charge in [-0.1, -0.05) is 121 Å². The van der Waals surface area contributed by atoms with Gasteiger partial charge in [0.15, 0.2) is 0 Å². The van der Waals surface area contributed by atoms with Crippen LogP contribution >= 0.6 is 0 Å². The van der Waals surface area contributed by atoms with Gasteiger partial charge in [0.1, 0.15) is 38.9 Å². The summed E-state index contributed by atoms with van der Waals surface area (Å²) in [6.07, 6.45) is 18.4. The van der Waals surface area contributed by atoms with Gasteiger partial charge in [-0.15, -0.1) is 5.75 Å². The van der Waals surface area contributed by atoms with Crippen molar-refractivity contribution in [3.8, 4) is 34.5 Å². The zero-order chi connectivity index (χ0) is 39.4. The van der Waals surface area contributed by atoms with Gasteiger partial charge < -0.3 is 24.2 Å². The van der Waals surface area contributed by atoms with E-state index in [-0.39, 0.29) is 70.5 Å². The third-order valence-corrected chi connectivity index (χ3v) is 10.5. The number of hydrogen-bond acceptors (Lipinski definition) is 9. The largest absolute Gasteiger partial charge is 2.00 e. The van der Waals surface area contributed by atoms with Gasteiger partial charge in [0.05, 0.1) is 9.79 Å². The van der Waals surface area contributed by atoms with Gasteiger partial charge >= 0.3 is 37.7 Å². The van der Waals surface area contributed by atoms with Gasteiger partial charge in [-0.25, -0.2) is 8.42 Å². The summed E-state index contributed by atoms with van der Waals surface area (Å²) in [5, 5.41) is 21.5. The molecule has 0 radical (unpaired) electrons. The molecule has 0 spiro atoms. The van der Waals surface area contributed by atoms with Crippen molar-refractivity contribution in [2.75, 3.05) is 0 Å². The van der Waals surface area contributed by atoms with E-state index in [1.807, 2.05) is 6.07 Å². The van der Waals surface area contributed by atoms with E-state index in [0.717, 1.165) is 49.7 Å². The van der Waals surface area contributed by atoms with E-state index in [2.05, 4.69) is 13.8 Å². The van der Waals surface area contributed by atoms with Crippen molar-refractivity contribution < 1.29 is 45.6 Å². The fourth-order valence-corrected chi connectivity index (χ4v) is 6.89. The van der Waals surface area contributed by atoms with Gasteiger partial charge in [0.2, 0.25) is 0 Å². The molecular formula is C42H54CaO10S2. The predicted octanol–water partition coefficient (Wildman–Crippen LogP) is 10.1. The number of aromatic hydroxyl groups is 1. The Hall–Kier alpha value is -2.84. The second-order valence-corrected chi connectivity index (χ2v) is 16.2. The number of unbranched alkanes of at least 4 members (excludes halogenated alkanes) is 12. The molecule has 0 bridgehead atoms. The van der Waals surface area contributed by atoms with Crippen LogP contribution < -0.4 is 14.6 Å². The second-order valence-electron chi connectivity index (χ2n) is 13.4. The monoisotopic (exact) mass is 822 g/mol. The normalized spacial score (nSPS) is 11.3. The Kier molecular flexibility index (Phi) is 22.3. The summed E-state index contributed by atoms with van der Waals surface area (Å²) in [6, 6.07) is 20.7. The molecule has 0 saturated carbocycles. The molecule has 10 nitrogen and oxygen atoms in total. The summed E-state index contributed by atoms with van der Waals surface area (Å²) in [7, 11) is -8.85. The fraction of sp³-hybridized carbons (Fsp3) is 0.429. The van der Waals surface area contributed by atoms with E-state index in [0.29, 0.717) is 11.5 Å². The van der Waals surface area contributed by atoms with Crippen LogP contribution in [0.25, 0.3) is 0 Å². The van der Waals surface area contributed by atoms with E-state index in [9.17, 15) is 36.2 Å². The molecule has 2 N–H and O–H groups in total. The van der Waals surface area contributed by atoms with E-state index in [4.69, 9.17) is 9.47 Å². The van der Waals surface area contributed by atoms with Crippen LogP contribution in [0.4, 0.5) is 0 Å². The maximum absolute atomic E-state index is 11.7. The Labute approximate surface area is 357 Å². The van der Waals surface area contributed by atoms with Crippen LogP contribution in [0.1, 0.15) is 115 Å². The number of aryl methyl sites for hydroxylation is 2. The Morgan fingerprint density at radius 1 is 0.564 bits per heavy atom. The Morgan fingerprint density at radius 2 is 1.00 bits per heavy atom. The third-order valence-electron chi connectivity index (χ3n) is 8.84. The average molecular weight is 823 g/mol. The third kappa shape index (κ3) is 18.8. The summed E-state index contributed by atoms with van der Waals surface area (Å²) >= 11 is 0. The maximum atomic E-state index is 11.7. The first-order valence-electron chi connectivity index (χ1n) is 18.9. The first-order chi connectivity index (χ1) is 25.8. The van der Waals surface area contributed by atoms with Crippen molar-refractivity contribution in [1.29, 1.82) is 0 Å². The molecule has 0 atom stereocenters. The van der Waals surface area contributed by atoms with E-state index in [1.165, 1.54) is 119 Å². The summed E-state index contributed by atoms with van der Waals surface area (Å²) in [5.74, 6) is 1.32. The van der Waals surface area contributed by atoms with Gasteiger partial charge in [-0.2, -0.15) is 8.42 Å². The molecule has 0 amide bonds. The molecule has 55 heavy (non-hydrogen) atoms. The van der Waals surface area contributed by atoms with Crippen LogP contribution in [0, 0.1) is 0 Å². The smallest absolute Gasteiger partial charge is 0.872 e. The van der Waals surface area contributed by atoms with Crippen molar-refractivity contribution in [3.63, 3.8) is 0 Å². The molecule has 4 rings (SSSR count). The number of rotatable bonds is 22. The van der Waals surface area contributed by atoms with Crippen molar-refractivity contribution in [1.82, 2.24) is 0 Å². The molecule has 4 aromatic rings. The van der Waals surface area contributed by atoms with E-state index in [1.54, 1.807) is 24.3 Å². The maximum Gasteiger partial charge on any atom is 2.00 e. The SMILES string of the molecule is CCCCCCCCCc1ccc(O)cc1Oc1cccc(S(=O)(=O)O)c1.CCCCCCCCCc1ccc([O-])cc1Oc1cccc(S(=O)(=O)[O-])c1.[Ca+2]. The minimum absolute atomic E-state index is 0. The summed E-state index contributed by atoms with van der Waals surface area (Å²) in [5.41, 5.74) is 1.86. The first kappa shape index (κ1) is 48.3. The minimum atomic E-state index is -4.55. The number of phenols is 1. The molecule has 0 aliphatic carbocycles. The number of ether oxygens (including phenoxy) is 2. The molecule has 0 unspecified atom stereocenters. The molecule has 296 valence electrons. The zero-order valence-corrected chi connectivity index (χ0v) is 35.9. The van der Waals surface area contributed by atoms with E-state index >= 15 is 0 Å². The van der Waals surface area contributed by atoms with Gasteiger partial charge in [-0.3, -0.25) is 4.55 Å². The van der Waals surface area contributed by atoms with Crippen LogP contribution in [0.2, 0.25) is 0 Å². The molecule has 0 heterocycles. The first-order valence-corrected chi connectivity index (χ1v) is 21.8. The summed E-state index contributed by atoms with van der Waals surface area (Å²) < 4.78 is 76.8. The second kappa shape index (κ2) is 25.4. The fourth-order valence-electron chi connectivity index (χ4n) is 5.87. The quantitative estimate of drug-likeness (QED) is 0.0441. The molecular weight excluding hydrogens is 769 g/mol. The average Bonchev–Trinajstić information content (AvgIpc) is 3.12. The van der Waals surface area contributed by atoms with Crippen LogP contribution in [0.5, 0.6) is 34.5 Å². The van der Waals surface area contributed by atoms with Crippen molar-refractivity contribution in [2.45, 2.75) is 126 Å². The molecule has 0 aliphatic rings. The molecule has 4 aromatic carbocycles. The molecule has 0 aromatic heterocycles. The van der Waals surface area contributed by atoms with Gasteiger partial charge in [-0.05, 0) is 79.3 Å². The van der Waals surface area contributed by atoms with Crippen LogP contribution in [-0.2, 0) is 33.1 Å². The molecule has 0 fully saturated rings.